The standard InChI is InChI=1S/C17H14ClNOS/c18-12-6-8-13(9-7-12)21-11-17(20)15-3-1-5-16-14(15)4-2-10-19-16/h1-10,17,20H,11H2. The number of hydrogen-bond donors (Lipinski definition) is 1. The molecule has 21 heavy (non-hydrogen) atoms. The van der Waals surface area contributed by atoms with Crippen molar-refractivity contribution in [1.29, 1.82) is 0 Å². The molecule has 2 aromatic carbocycles. The molecule has 4 heteroatoms. The molecule has 0 aliphatic rings. The highest BCUT2D eigenvalue weighted by Gasteiger charge is 2.11. The Morgan fingerprint density at radius 1 is 1.05 bits per heavy atom. The maximum absolute atomic E-state index is 10.5. The molecule has 0 spiro atoms. The Balaban J connectivity index is 1.78. The van der Waals surface area contributed by atoms with E-state index in [2.05, 4.69) is 4.98 Å². The number of aliphatic hydroxyl groups excluding tert-OH is 1. The van der Waals surface area contributed by atoms with Gasteiger partial charge in [0, 0.05) is 27.3 Å². The van der Waals surface area contributed by atoms with Crippen LogP contribution in [-0.4, -0.2) is 15.8 Å². The molecule has 2 nitrogen and oxygen atoms in total. The molecule has 0 fully saturated rings. The Morgan fingerprint density at radius 2 is 1.86 bits per heavy atom. The quantitative estimate of drug-likeness (QED) is 0.708. The second kappa shape index (κ2) is 6.48. The molecular formula is C17H14ClNOS. The van der Waals surface area contributed by atoms with Gasteiger partial charge in [-0.2, -0.15) is 0 Å². The lowest BCUT2D eigenvalue weighted by molar-refractivity contribution is 0.205. The number of fused-ring (bicyclic) bond motifs is 1. The summed E-state index contributed by atoms with van der Waals surface area (Å²) in [6.07, 6.45) is 1.24. The third kappa shape index (κ3) is 3.38. The predicted octanol–water partition coefficient (Wildman–Crippen LogP) is 4.71. The largest absolute Gasteiger partial charge is 0.388 e. The highest BCUT2D eigenvalue weighted by atomic mass is 35.5. The average Bonchev–Trinajstić information content (AvgIpc) is 2.53. The molecule has 106 valence electrons. The van der Waals surface area contributed by atoms with Crippen LogP contribution < -0.4 is 0 Å². The van der Waals surface area contributed by atoms with Crippen molar-refractivity contribution >= 4 is 34.3 Å². The number of rotatable bonds is 4. The minimum Gasteiger partial charge on any atom is -0.388 e. The van der Waals surface area contributed by atoms with Crippen molar-refractivity contribution in [2.75, 3.05) is 5.75 Å². The molecule has 1 atom stereocenters. The van der Waals surface area contributed by atoms with Crippen LogP contribution in [0.1, 0.15) is 11.7 Å². The van der Waals surface area contributed by atoms with Gasteiger partial charge in [-0.25, -0.2) is 0 Å². The van der Waals surface area contributed by atoms with Gasteiger partial charge in [-0.3, -0.25) is 4.98 Å². The minimum atomic E-state index is -0.529. The van der Waals surface area contributed by atoms with Gasteiger partial charge in [-0.15, -0.1) is 11.8 Å². The van der Waals surface area contributed by atoms with Crippen LogP contribution in [0.2, 0.25) is 5.02 Å². The maximum Gasteiger partial charge on any atom is 0.0890 e. The number of nitrogens with zero attached hydrogens (tertiary/aromatic N) is 1. The summed E-state index contributed by atoms with van der Waals surface area (Å²) in [4.78, 5) is 5.41. The van der Waals surface area contributed by atoms with Crippen LogP contribution in [-0.2, 0) is 0 Å². The third-order valence-electron chi connectivity index (χ3n) is 3.26. The molecule has 3 rings (SSSR count). The van der Waals surface area contributed by atoms with Gasteiger partial charge in [-0.1, -0.05) is 29.8 Å². The summed E-state index contributed by atoms with van der Waals surface area (Å²) < 4.78 is 0. The van der Waals surface area contributed by atoms with Crippen LogP contribution in [0.4, 0.5) is 0 Å². The second-order valence-electron chi connectivity index (χ2n) is 4.70. The minimum absolute atomic E-state index is 0.529. The summed E-state index contributed by atoms with van der Waals surface area (Å²) in [7, 11) is 0. The van der Waals surface area contributed by atoms with Gasteiger partial charge in [0.2, 0.25) is 0 Å². The van der Waals surface area contributed by atoms with Crippen LogP contribution in [0, 0.1) is 0 Å². The zero-order valence-electron chi connectivity index (χ0n) is 11.2. The van der Waals surface area contributed by atoms with E-state index in [1.54, 1.807) is 18.0 Å². The van der Waals surface area contributed by atoms with E-state index in [4.69, 9.17) is 11.6 Å². The molecule has 0 aliphatic heterocycles. The van der Waals surface area contributed by atoms with Crippen molar-refractivity contribution in [3.63, 3.8) is 0 Å². The van der Waals surface area contributed by atoms with E-state index in [0.717, 1.165) is 26.4 Å². The van der Waals surface area contributed by atoms with Gasteiger partial charge in [0.25, 0.3) is 0 Å². The summed E-state index contributed by atoms with van der Waals surface area (Å²) >= 11 is 7.48. The molecule has 0 bridgehead atoms. The van der Waals surface area contributed by atoms with Gasteiger partial charge >= 0.3 is 0 Å². The topological polar surface area (TPSA) is 33.1 Å². The van der Waals surface area contributed by atoms with E-state index >= 15 is 0 Å². The molecule has 0 amide bonds. The van der Waals surface area contributed by atoms with Crippen LogP contribution in [0.5, 0.6) is 0 Å². The molecule has 1 heterocycles. The SMILES string of the molecule is OC(CSc1ccc(Cl)cc1)c1cccc2ncccc12. The monoisotopic (exact) mass is 315 g/mol. The lowest BCUT2D eigenvalue weighted by atomic mass is 10.0. The number of hydrogen-bond acceptors (Lipinski definition) is 3. The number of benzene rings is 2. The molecule has 3 aromatic rings. The normalized spacial score (nSPS) is 12.5. The van der Waals surface area contributed by atoms with Crippen LogP contribution in [0.3, 0.4) is 0 Å². The van der Waals surface area contributed by atoms with E-state index < -0.39 is 6.10 Å². The number of pyridine rings is 1. The van der Waals surface area contributed by atoms with E-state index in [9.17, 15) is 5.11 Å². The number of halogens is 1. The van der Waals surface area contributed by atoms with Crippen LogP contribution in [0.25, 0.3) is 10.9 Å². The fraction of sp³-hybridized carbons (Fsp3) is 0.118. The summed E-state index contributed by atoms with van der Waals surface area (Å²) in [5.74, 6) is 0.593. The molecule has 0 radical (unpaired) electrons. The van der Waals surface area contributed by atoms with Gasteiger partial charge in [-0.05, 0) is 42.0 Å². The van der Waals surface area contributed by atoms with Crippen molar-refractivity contribution in [2.45, 2.75) is 11.0 Å². The van der Waals surface area contributed by atoms with Gasteiger partial charge in [0.05, 0.1) is 11.6 Å². The molecule has 0 saturated carbocycles. The average molecular weight is 316 g/mol. The fourth-order valence-electron chi connectivity index (χ4n) is 2.21. The number of thioether (sulfide) groups is 1. The molecule has 1 aromatic heterocycles. The van der Waals surface area contributed by atoms with E-state index in [1.165, 1.54) is 0 Å². The maximum atomic E-state index is 10.5. The first-order valence-electron chi connectivity index (χ1n) is 6.64. The van der Waals surface area contributed by atoms with E-state index in [-0.39, 0.29) is 0 Å². The Bertz CT molecular complexity index is 740. The first-order valence-corrected chi connectivity index (χ1v) is 8.00. The summed E-state index contributed by atoms with van der Waals surface area (Å²) in [6, 6.07) is 17.4. The first kappa shape index (κ1) is 14.4. The third-order valence-corrected chi connectivity index (χ3v) is 4.60. The van der Waals surface area contributed by atoms with Crippen molar-refractivity contribution < 1.29 is 5.11 Å². The summed E-state index contributed by atoms with van der Waals surface area (Å²) in [5.41, 5.74) is 1.83. The Hall–Kier alpha value is -1.55. The van der Waals surface area contributed by atoms with Crippen molar-refractivity contribution in [3.05, 3.63) is 71.4 Å². The number of aliphatic hydroxyl groups is 1. The highest BCUT2D eigenvalue weighted by molar-refractivity contribution is 7.99. The van der Waals surface area contributed by atoms with Gasteiger partial charge < -0.3 is 5.11 Å². The van der Waals surface area contributed by atoms with Gasteiger partial charge in [0.1, 0.15) is 0 Å². The van der Waals surface area contributed by atoms with Crippen LogP contribution in [0.15, 0.2) is 65.7 Å². The lowest BCUT2D eigenvalue weighted by Gasteiger charge is -2.13. The zero-order valence-corrected chi connectivity index (χ0v) is 12.8. The van der Waals surface area contributed by atoms with Crippen LogP contribution >= 0.6 is 23.4 Å². The van der Waals surface area contributed by atoms with Crippen molar-refractivity contribution in [1.82, 2.24) is 4.98 Å². The lowest BCUT2D eigenvalue weighted by Crippen LogP contribution is -2.01. The van der Waals surface area contributed by atoms with Crippen molar-refractivity contribution in [3.8, 4) is 0 Å². The summed E-state index contributed by atoms with van der Waals surface area (Å²) in [5, 5.41) is 12.2. The van der Waals surface area contributed by atoms with Gasteiger partial charge in [0.15, 0.2) is 0 Å². The smallest absolute Gasteiger partial charge is 0.0890 e. The Morgan fingerprint density at radius 3 is 2.67 bits per heavy atom. The van der Waals surface area contributed by atoms with E-state index in [0.29, 0.717) is 5.75 Å². The Kier molecular flexibility index (Phi) is 4.44. The fourth-order valence-corrected chi connectivity index (χ4v) is 3.20. The molecule has 1 N–H and O–H groups in total. The molecule has 0 aliphatic carbocycles. The van der Waals surface area contributed by atoms with E-state index in [1.807, 2.05) is 54.6 Å². The zero-order chi connectivity index (χ0) is 14.7. The summed E-state index contributed by atoms with van der Waals surface area (Å²) in [6.45, 7) is 0. The molecular weight excluding hydrogens is 302 g/mol. The second-order valence-corrected chi connectivity index (χ2v) is 6.23. The number of aromatic nitrogens is 1. The predicted molar refractivity (Wildman–Crippen MR) is 88.9 cm³/mol. The van der Waals surface area contributed by atoms with Crippen molar-refractivity contribution in [2.24, 2.45) is 0 Å². The highest BCUT2D eigenvalue weighted by Crippen LogP contribution is 2.29. The Labute approximate surface area is 132 Å². The molecule has 1 unspecified atom stereocenters. The first-order chi connectivity index (χ1) is 10.2. The molecule has 0 saturated heterocycles.